The lowest BCUT2D eigenvalue weighted by Crippen LogP contribution is -2.22. The molecule has 0 radical (unpaired) electrons. The van der Waals surface area contributed by atoms with Crippen LogP contribution >= 0.6 is 11.8 Å². The van der Waals surface area contributed by atoms with Crippen LogP contribution in [-0.2, 0) is 4.79 Å². The smallest absolute Gasteiger partial charge is 0.306 e. The zero-order valence-corrected chi connectivity index (χ0v) is 14.3. The summed E-state index contributed by atoms with van der Waals surface area (Å²) >= 11 is 1.41. The zero-order chi connectivity index (χ0) is 17.9. The van der Waals surface area contributed by atoms with Crippen molar-refractivity contribution in [2.75, 3.05) is 5.32 Å². The van der Waals surface area contributed by atoms with Gasteiger partial charge in [0.25, 0.3) is 0 Å². The van der Waals surface area contributed by atoms with Crippen LogP contribution in [0.3, 0.4) is 0 Å². The van der Waals surface area contributed by atoms with E-state index in [1.54, 1.807) is 6.92 Å². The van der Waals surface area contributed by atoms with Crippen molar-refractivity contribution in [3.8, 4) is 0 Å². The summed E-state index contributed by atoms with van der Waals surface area (Å²) in [6.07, 6.45) is 0. The Bertz CT molecular complexity index is 795. The minimum absolute atomic E-state index is 0.196. The highest BCUT2D eigenvalue weighted by molar-refractivity contribution is 8.00. The highest BCUT2D eigenvalue weighted by atomic mass is 32.2. The van der Waals surface area contributed by atoms with Gasteiger partial charge in [-0.25, -0.2) is 0 Å². The number of aryl methyl sites for hydroxylation is 2. The van der Waals surface area contributed by atoms with Crippen LogP contribution in [-0.4, -0.2) is 16.1 Å². The number of benzene rings is 2. The van der Waals surface area contributed by atoms with E-state index in [0.717, 1.165) is 28.2 Å². The minimum Gasteiger partial charge on any atom is -0.325 e. The Morgan fingerprint density at radius 3 is 2.62 bits per heavy atom. The van der Waals surface area contributed by atoms with Crippen LogP contribution in [0, 0.1) is 29.8 Å². The summed E-state index contributed by atoms with van der Waals surface area (Å²) < 4.78 is 13.3. The van der Waals surface area contributed by atoms with Crippen molar-refractivity contribution in [1.82, 2.24) is 0 Å². The Morgan fingerprint density at radius 2 is 1.96 bits per heavy atom. The standard InChI is InChI=1S/C17H17FN2O3S/c1-10-4-5-11(2)16(8-10)24-12(3)17(21)19-13-6-7-14(18)15(9-13)20(22)23/h4-9,12H,1-3H3,(H,19,21)/t12-/m1/s1. The van der Waals surface area contributed by atoms with Crippen molar-refractivity contribution in [2.45, 2.75) is 30.9 Å². The summed E-state index contributed by atoms with van der Waals surface area (Å²) in [6.45, 7) is 5.70. The number of hydrogen-bond acceptors (Lipinski definition) is 4. The number of anilines is 1. The highest BCUT2D eigenvalue weighted by Crippen LogP contribution is 2.29. The molecule has 0 fully saturated rings. The molecule has 0 aliphatic rings. The van der Waals surface area contributed by atoms with Crippen LogP contribution < -0.4 is 5.32 Å². The van der Waals surface area contributed by atoms with Gasteiger partial charge in [0.2, 0.25) is 11.7 Å². The van der Waals surface area contributed by atoms with E-state index in [-0.39, 0.29) is 11.6 Å². The molecule has 2 aromatic rings. The van der Waals surface area contributed by atoms with E-state index >= 15 is 0 Å². The number of hydrogen-bond donors (Lipinski definition) is 1. The fourth-order valence-corrected chi connectivity index (χ4v) is 3.11. The first-order chi connectivity index (χ1) is 11.3. The molecular weight excluding hydrogens is 331 g/mol. The molecular formula is C17H17FN2O3S. The predicted octanol–water partition coefficient (Wildman–Crippen LogP) is 4.47. The second-order valence-electron chi connectivity index (χ2n) is 5.44. The fourth-order valence-electron chi connectivity index (χ4n) is 2.05. The molecule has 0 spiro atoms. The summed E-state index contributed by atoms with van der Waals surface area (Å²) in [5.41, 5.74) is 1.71. The molecule has 0 aliphatic carbocycles. The van der Waals surface area contributed by atoms with Gasteiger partial charge in [-0.2, -0.15) is 4.39 Å². The molecule has 2 rings (SSSR count). The maximum absolute atomic E-state index is 13.3. The largest absolute Gasteiger partial charge is 0.325 e. The average molecular weight is 348 g/mol. The Labute approximate surface area is 143 Å². The van der Waals surface area contributed by atoms with Crippen LogP contribution in [0.1, 0.15) is 18.1 Å². The molecule has 24 heavy (non-hydrogen) atoms. The van der Waals surface area contributed by atoms with Crippen LogP contribution in [0.4, 0.5) is 15.8 Å². The molecule has 0 bridgehead atoms. The number of thioether (sulfide) groups is 1. The lowest BCUT2D eigenvalue weighted by molar-refractivity contribution is -0.387. The van der Waals surface area contributed by atoms with Gasteiger partial charge >= 0.3 is 5.69 Å². The summed E-state index contributed by atoms with van der Waals surface area (Å²) in [4.78, 5) is 23.2. The number of amides is 1. The lowest BCUT2D eigenvalue weighted by Gasteiger charge is -2.14. The number of halogens is 1. The van der Waals surface area contributed by atoms with E-state index in [2.05, 4.69) is 5.32 Å². The molecule has 1 N–H and O–H groups in total. The van der Waals surface area contributed by atoms with Crippen LogP contribution in [0.25, 0.3) is 0 Å². The Hall–Kier alpha value is -2.41. The third kappa shape index (κ3) is 4.32. The lowest BCUT2D eigenvalue weighted by atomic mass is 10.2. The minimum atomic E-state index is -0.934. The monoisotopic (exact) mass is 348 g/mol. The third-order valence-electron chi connectivity index (χ3n) is 3.43. The zero-order valence-electron chi connectivity index (χ0n) is 13.5. The molecule has 0 saturated heterocycles. The van der Waals surface area contributed by atoms with E-state index in [1.165, 1.54) is 17.8 Å². The van der Waals surface area contributed by atoms with E-state index in [4.69, 9.17) is 0 Å². The first-order valence-electron chi connectivity index (χ1n) is 7.26. The third-order valence-corrected chi connectivity index (χ3v) is 4.69. The van der Waals surface area contributed by atoms with Crippen LogP contribution in [0.15, 0.2) is 41.3 Å². The van der Waals surface area contributed by atoms with Crippen molar-refractivity contribution in [3.05, 3.63) is 63.5 Å². The number of rotatable bonds is 5. The molecule has 7 heteroatoms. The summed E-state index contributed by atoms with van der Waals surface area (Å²) in [5.74, 6) is -1.24. The molecule has 0 unspecified atom stereocenters. The van der Waals surface area contributed by atoms with Gasteiger partial charge in [-0.1, -0.05) is 17.7 Å². The number of nitro benzene ring substituents is 1. The molecule has 1 atom stereocenters. The number of carbonyl (C=O) groups is 1. The van der Waals surface area contributed by atoms with E-state index in [0.29, 0.717) is 0 Å². The quantitative estimate of drug-likeness (QED) is 0.491. The molecule has 0 saturated carbocycles. The topological polar surface area (TPSA) is 72.2 Å². The summed E-state index contributed by atoms with van der Waals surface area (Å²) in [5, 5.41) is 12.9. The van der Waals surface area contributed by atoms with Crippen molar-refractivity contribution in [2.24, 2.45) is 0 Å². The van der Waals surface area contributed by atoms with Gasteiger partial charge in [0.15, 0.2) is 0 Å². The SMILES string of the molecule is Cc1ccc(C)c(S[C@H](C)C(=O)Nc2ccc(F)c([N+](=O)[O-])c2)c1. The second kappa shape index (κ2) is 7.44. The maximum Gasteiger partial charge on any atom is 0.306 e. The summed E-state index contributed by atoms with van der Waals surface area (Å²) in [7, 11) is 0. The molecule has 0 heterocycles. The Kier molecular flexibility index (Phi) is 5.56. The van der Waals surface area contributed by atoms with E-state index < -0.39 is 21.7 Å². The number of nitrogens with zero attached hydrogens (tertiary/aromatic N) is 1. The molecule has 0 aromatic heterocycles. The molecule has 126 valence electrons. The average Bonchev–Trinajstić information content (AvgIpc) is 2.52. The van der Waals surface area contributed by atoms with Gasteiger partial charge in [-0.15, -0.1) is 11.8 Å². The Morgan fingerprint density at radius 1 is 1.25 bits per heavy atom. The van der Waals surface area contributed by atoms with Crippen molar-refractivity contribution >= 4 is 29.0 Å². The summed E-state index contributed by atoms with van der Waals surface area (Å²) in [6, 6.07) is 9.29. The predicted molar refractivity (Wildman–Crippen MR) is 92.9 cm³/mol. The van der Waals surface area contributed by atoms with E-state index in [1.807, 2.05) is 32.0 Å². The van der Waals surface area contributed by atoms with Crippen LogP contribution in [0.5, 0.6) is 0 Å². The normalized spacial score (nSPS) is 11.8. The molecule has 5 nitrogen and oxygen atoms in total. The number of carbonyl (C=O) groups excluding carboxylic acids is 1. The molecule has 2 aromatic carbocycles. The maximum atomic E-state index is 13.3. The highest BCUT2D eigenvalue weighted by Gasteiger charge is 2.19. The molecule has 1 amide bonds. The van der Waals surface area contributed by atoms with Gasteiger partial charge in [-0.3, -0.25) is 14.9 Å². The van der Waals surface area contributed by atoms with Gasteiger partial charge in [0.1, 0.15) is 0 Å². The Balaban J connectivity index is 2.10. The van der Waals surface area contributed by atoms with Gasteiger partial charge in [0.05, 0.1) is 10.2 Å². The van der Waals surface area contributed by atoms with Crippen molar-refractivity contribution < 1.29 is 14.1 Å². The second-order valence-corrected chi connectivity index (χ2v) is 6.82. The first kappa shape index (κ1) is 17.9. The first-order valence-corrected chi connectivity index (χ1v) is 8.14. The van der Waals surface area contributed by atoms with Crippen molar-refractivity contribution in [3.63, 3.8) is 0 Å². The van der Waals surface area contributed by atoms with E-state index in [9.17, 15) is 19.3 Å². The van der Waals surface area contributed by atoms with Crippen LogP contribution in [0.2, 0.25) is 0 Å². The number of nitrogens with one attached hydrogen (secondary N) is 1. The van der Waals surface area contributed by atoms with Gasteiger partial charge < -0.3 is 5.32 Å². The van der Waals surface area contributed by atoms with Crippen molar-refractivity contribution in [1.29, 1.82) is 0 Å². The van der Waals surface area contributed by atoms with Gasteiger partial charge in [-0.05, 0) is 44.5 Å². The molecule has 0 aliphatic heterocycles. The van der Waals surface area contributed by atoms with Gasteiger partial charge in [0, 0.05) is 16.6 Å². The fraction of sp³-hybridized carbons (Fsp3) is 0.235. The number of nitro groups is 1.